The summed E-state index contributed by atoms with van der Waals surface area (Å²) in [6.07, 6.45) is 2.12. The maximum atomic E-state index is 5.41. The number of hydrogen-bond acceptors (Lipinski definition) is 2. The Morgan fingerprint density at radius 2 is 1.62 bits per heavy atom. The van der Waals surface area contributed by atoms with Crippen LogP contribution >= 0.6 is 0 Å². The van der Waals surface area contributed by atoms with Gasteiger partial charge in [-0.2, -0.15) is 0 Å². The molecule has 1 N–H and O–H groups in total. The van der Waals surface area contributed by atoms with E-state index in [-0.39, 0.29) is 6.04 Å². The van der Waals surface area contributed by atoms with Gasteiger partial charge in [0, 0.05) is 17.1 Å². The minimum absolute atomic E-state index is 0.201. The summed E-state index contributed by atoms with van der Waals surface area (Å²) >= 11 is 0. The monoisotopic (exact) mass is 322 g/mol. The summed E-state index contributed by atoms with van der Waals surface area (Å²) in [4.78, 5) is 5.65. The number of rotatable bonds is 5. The largest absolute Gasteiger partial charge is 0.497 e. The Hall–Kier alpha value is -2.26. The van der Waals surface area contributed by atoms with Gasteiger partial charge in [0.15, 0.2) is 0 Å². The molecule has 1 heterocycles. The fraction of sp³-hybridized carbons (Fsp3) is 0.333. The highest BCUT2D eigenvalue weighted by Crippen LogP contribution is 2.34. The Labute approximate surface area is 144 Å². The number of H-pyrrole nitrogens is 1. The molecule has 1 aromatic heterocycles. The van der Waals surface area contributed by atoms with Gasteiger partial charge < -0.3 is 9.72 Å². The van der Waals surface area contributed by atoms with E-state index in [0.29, 0.717) is 5.92 Å². The van der Waals surface area contributed by atoms with Gasteiger partial charge in [0.2, 0.25) is 0 Å². The molecular weight excluding hydrogens is 296 g/mol. The van der Waals surface area contributed by atoms with Crippen LogP contribution in [0.1, 0.15) is 42.5 Å². The Balaban J connectivity index is 2.08. The van der Waals surface area contributed by atoms with E-state index in [1.807, 2.05) is 6.07 Å². The van der Waals surface area contributed by atoms with E-state index >= 15 is 0 Å². The van der Waals surface area contributed by atoms with Gasteiger partial charge in [0.1, 0.15) is 5.75 Å². The molecule has 0 bridgehead atoms. The number of aromatic amines is 1. The van der Waals surface area contributed by atoms with Gasteiger partial charge in [0.05, 0.1) is 13.2 Å². The van der Waals surface area contributed by atoms with E-state index in [1.54, 1.807) is 7.11 Å². The van der Waals surface area contributed by atoms with E-state index in [4.69, 9.17) is 4.74 Å². The van der Waals surface area contributed by atoms with Crippen LogP contribution in [0.4, 0.5) is 0 Å². The van der Waals surface area contributed by atoms with Crippen LogP contribution in [0, 0.1) is 0 Å². The summed E-state index contributed by atoms with van der Waals surface area (Å²) in [6.45, 7) is 4.45. The molecule has 1 unspecified atom stereocenters. The highest BCUT2D eigenvalue weighted by molar-refractivity contribution is 5.85. The molecule has 0 amide bonds. The first kappa shape index (κ1) is 16.6. The maximum absolute atomic E-state index is 5.41. The Morgan fingerprint density at radius 3 is 2.21 bits per heavy atom. The number of nitrogens with one attached hydrogen (secondary N) is 1. The van der Waals surface area contributed by atoms with E-state index in [0.717, 1.165) is 11.3 Å². The van der Waals surface area contributed by atoms with E-state index in [1.165, 1.54) is 22.1 Å². The summed E-state index contributed by atoms with van der Waals surface area (Å²) in [5.41, 5.74) is 5.08. The molecule has 3 aromatic rings. The second-order valence-electron chi connectivity index (χ2n) is 6.84. The third-order valence-corrected chi connectivity index (χ3v) is 4.65. The van der Waals surface area contributed by atoms with Gasteiger partial charge in [-0.3, -0.25) is 4.90 Å². The first-order chi connectivity index (χ1) is 11.5. The second-order valence-corrected chi connectivity index (χ2v) is 6.84. The number of benzene rings is 2. The number of fused-ring (bicyclic) bond motifs is 1. The number of ether oxygens (including phenoxy) is 1. The van der Waals surface area contributed by atoms with Crippen molar-refractivity contribution in [3.8, 4) is 5.75 Å². The second kappa shape index (κ2) is 6.70. The molecular formula is C21H26N2O. The van der Waals surface area contributed by atoms with Crippen molar-refractivity contribution >= 4 is 10.9 Å². The minimum atomic E-state index is 0.201. The number of aromatic nitrogens is 1. The summed E-state index contributed by atoms with van der Waals surface area (Å²) in [6, 6.07) is 15.4. The van der Waals surface area contributed by atoms with Crippen LogP contribution < -0.4 is 4.74 Å². The third-order valence-electron chi connectivity index (χ3n) is 4.65. The van der Waals surface area contributed by atoms with Gasteiger partial charge in [-0.25, -0.2) is 0 Å². The maximum Gasteiger partial charge on any atom is 0.119 e. The van der Waals surface area contributed by atoms with Gasteiger partial charge in [0.25, 0.3) is 0 Å². The lowest BCUT2D eigenvalue weighted by molar-refractivity contribution is 0.344. The number of nitrogens with zero attached hydrogens (tertiary/aromatic N) is 1. The van der Waals surface area contributed by atoms with E-state index in [9.17, 15) is 0 Å². The number of methoxy groups -OCH3 is 1. The average molecular weight is 322 g/mol. The lowest BCUT2D eigenvalue weighted by atomic mass is 9.94. The van der Waals surface area contributed by atoms with E-state index < -0.39 is 0 Å². The molecule has 24 heavy (non-hydrogen) atoms. The smallest absolute Gasteiger partial charge is 0.119 e. The molecule has 0 aliphatic heterocycles. The van der Waals surface area contributed by atoms with Crippen LogP contribution in [-0.2, 0) is 0 Å². The molecule has 2 aromatic carbocycles. The molecule has 0 aliphatic rings. The van der Waals surface area contributed by atoms with Gasteiger partial charge >= 0.3 is 0 Å². The third kappa shape index (κ3) is 3.04. The summed E-state index contributed by atoms with van der Waals surface area (Å²) in [5, 5.41) is 1.21. The van der Waals surface area contributed by atoms with Gasteiger partial charge in [-0.05, 0) is 54.9 Å². The molecule has 3 nitrogen and oxygen atoms in total. The van der Waals surface area contributed by atoms with Crippen LogP contribution in [-0.4, -0.2) is 31.1 Å². The molecule has 0 radical (unpaired) electrons. The fourth-order valence-electron chi connectivity index (χ4n) is 3.29. The zero-order valence-electron chi connectivity index (χ0n) is 15.1. The normalized spacial score (nSPS) is 13.0. The Kier molecular flexibility index (Phi) is 4.63. The highest BCUT2D eigenvalue weighted by atomic mass is 16.5. The van der Waals surface area contributed by atoms with Crippen molar-refractivity contribution in [3.63, 3.8) is 0 Å². The topological polar surface area (TPSA) is 28.3 Å². The molecule has 0 spiro atoms. The van der Waals surface area contributed by atoms with E-state index in [2.05, 4.69) is 80.4 Å². The molecule has 1 atom stereocenters. The average Bonchev–Trinajstić information content (AvgIpc) is 2.98. The zero-order chi connectivity index (χ0) is 17.3. The van der Waals surface area contributed by atoms with Crippen LogP contribution in [0.25, 0.3) is 10.9 Å². The van der Waals surface area contributed by atoms with Crippen molar-refractivity contribution < 1.29 is 4.74 Å². The standard InChI is InChI=1S/C21H26N2O/c1-14(2)15-6-8-16(9-7-15)21(23(3)4)19-13-22-20-11-10-17(24-5)12-18(19)20/h6-14,21-22H,1-5H3. The van der Waals surface area contributed by atoms with Gasteiger partial charge in [-0.1, -0.05) is 38.1 Å². The first-order valence-corrected chi connectivity index (χ1v) is 8.42. The van der Waals surface area contributed by atoms with Crippen LogP contribution in [0.5, 0.6) is 5.75 Å². The molecule has 0 saturated heterocycles. The zero-order valence-corrected chi connectivity index (χ0v) is 15.1. The van der Waals surface area contributed by atoms with Crippen molar-refractivity contribution in [2.24, 2.45) is 0 Å². The van der Waals surface area contributed by atoms with Crippen molar-refractivity contribution in [2.45, 2.75) is 25.8 Å². The SMILES string of the molecule is COc1ccc2[nH]cc(C(c3ccc(C(C)C)cc3)N(C)C)c2c1. The molecule has 0 fully saturated rings. The Bertz CT molecular complexity index is 815. The molecule has 3 heteroatoms. The first-order valence-electron chi connectivity index (χ1n) is 8.42. The minimum Gasteiger partial charge on any atom is -0.497 e. The molecule has 3 rings (SSSR count). The van der Waals surface area contributed by atoms with Crippen molar-refractivity contribution in [1.29, 1.82) is 0 Å². The van der Waals surface area contributed by atoms with Crippen molar-refractivity contribution in [2.75, 3.05) is 21.2 Å². The fourth-order valence-corrected chi connectivity index (χ4v) is 3.29. The van der Waals surface area contributed by atoms with Crippen LogP contribution in [0.2, 0.25) is 0 Å². The predicted octanol–water partition coefficient (Wildman–Crippen LogP) is 4.95. The molecule has 126 valence electrons. The van der Waals surface area contributed by atoms with Crippen molar-refractivity contribution in [1.82, 2.24) is 9.88 Å². The summed E-state index contributed by atoms with van der Waals surface area (Å²) in [7, 11) is 5.96. The quantitative estimate of drug-likeness (QED) is 0.720. The van der Waals surface area contributed by atoms with Crippen LogP contribution in [0.15, 0.2) is 48.7 Å². The lowest BCUT2D eigenvalue weighted by Crippen LogP contribution is -2.20. The Morgan fingerprint density at radius 1 is 0.958 bits per heavy atom. The van der Waals surface area contributed by atoms with Crippen molar-refractivity contribution in [3.05, 3.63) is 65.4 Å². The highest BCUT2D eigenvalue weighted by Gasteiger charge is 2.20. The summed E-state index contributed by atoms with van der Waals surface area (Å²) < 4.78 is 5.41. The molecule has 0 aliphatic carbocycles. The predicted molar refractivity (Wildman–Crippen MR) is 101 cm³/mol. The molecule has 0 saturated carbocycles. The van der Waals surface area contributed by atoms with Crippen LogP contribution in [0.3, 0.4) is 0 Å². The number of hydrogen-bond donors (Lipinski definition) is 1. The lowest BCUT2D eigenvalue weighted by Gasteiger charge is -2.25. The van der Waals surface area contributed by atoms with Gasteiger partial charge in [-0.15, -0.1) is 0 Å². The summed E-state index contributed by atoms with van der Waals surface area (Å²) in [5.74, 6) is 1.44.